The van der Waals surface area contributed by atoms with Crippen LogP contribution in [0.1, 0.15) is 0 Å². The monoisotopic (exact) mass is 364 g/mol. The van der Waals surface area contributed by atoms with Gasteiger partial charge in [-0.2, -0.15) is 0 Å². The minimum atomic E-state index is 0. The Labute approximate surface area is 102 Å². The molecule has 0 aromatic rings. The summed E-state index contributed by atoms with van der Waals surface area (Å²) in [4.78, 5) is 0. The molecule has 0 aromatic carbocycles. The fourth-order valence-corrected chi connectivity index (χ4v) is 0. The van der Waals surface area contributed by atoms with Crippen LogP contribution in [0.15, 0.2) is 0 Å². The first-order valence-corrected chi connectivity index (χ1v) is 0. The molecule has 0 rings (SSSR count). The predicted octanol–water partition coefficient (Wildman–Crippen LogP) is -4.39. The molecule has 0 aliphatic rings. The van der Waals surface area contributed by atoms with Crippen molar-refractivity contribution in [3.05, 3.63) is 0 Å². The summed E-state index contributed by atoms with van der Waals surface area (Å²) in [5.74, 6) is 0. The molecular formula is H12Cr2O8Sn. The van der Waals surface area contributed by atoms with Crippen molar-refractivity contribution in [3.63, 3.8) is 0 Å². The van der Waals surface area contributed by atoms with Crippen LogP contribution >= 0.6 is 0 Å². The molecule has 0 aromatic heterocycles. The van der Waals surface area contributed by atoms with Crippen molar-refractivity contribution in [3.8, 4) is 0 Å². The fraction of sp³-hybridized carbons (Fsp3) is 0. The first-order chi connectivity index (χ1) is 0. The number of rotatable bonds is 0. The van der Waals surface area contributed by atoms with Crippen LogP contribution in [0.5, 0.6) is 0 Å². The van der Waals surface area contributed by atoms with Gasteiger partial charge in [0.15, 0.2) is 0 Å². The molecule has 0 radical (unpaired) electrons. The average molecular weight is 363 g/mol. The second-order valence-corrected chi connectivity index (χ2v) is 0. The molecule has 0 unspecified atom stereocenters. The topological polar surface area (TPSA) is 246 Å². The third-order valence-corrected chi connectivity index (χ3v) is 0. The molecule has 0 bridgehead atoms. The normalized spacial score (nSPS) is 0. The van der Waals surface area contributed by atoms with Crippen LogP contribution in [0.25, 0.3) is 0 Å². The summed E-state index contributed by atoms with van der Waals surface area (Å²) < 4.78 is 0. The summed E-state index contributed by atoms with van der Waals surface area (Å²) in [6.07, 6.45) is 0. The minimum absolute atomic E-state index is 0. The third-order valence-electron chi connectivity index (χ3n) is 0. The van der Waals surface area contributed by atoms with E-state index in [0.717, 1.165) is 0 Å². The maximum atomic E-state index is 0. The second kappa shape index (κ2) is 539. The van der Waals surface area contributed by atoms with Crippen LogP contribution in [0, 0.1) is 0 Å². The van der Waals surface area contributed by atoms with Gasteiger partial charge in [-0.05, 0) is 0 Å². The van der Waals surface area contributed by atoms with E-state index in [1.54, 1.807) is 0 Å². The van der Waals surface area contributed by atoms with E-state index in [-0.39, 0.29) is 102 Å². The van der Waals surface area contributed by atoms with Gasteiger partial charge in [0.1, 0.15) is 0 Å². The summed E-state index contributed by atoms with van der Waals surface area (Å²) >= 11 is 0. The van der Waals surface area contributed by atoms with Gasteiger partial charge < -0.3 is 43.8 Å². The van der Waals surface area contributed by atoms with Crippen molar-refractivity contribution in [2.75, 3.05) is 0 Å². The van der Waals surface area contributed by atoms with Crippen molar-refractivity contribution in [2.45, 2.75) is 0 Å². The van der Waals surface area contributed by atoms with Gasteiger partial charge in [0, 0.05) is 34.7 Å². The minimum Gasteiger partial charge on any atom is -0.870 e. The molecule has 0 aliphatic heterocycles. The molecule has 0 aliphatic carbocycles. The summed E-state index contributed by atoms with van der Waals surface area (Å²) in [6, 6.07) is 0. The molecule has 0 saturated carbocycles. The van der Waals surface area contributed by atoms with Gasteiger partial charge in [0.25, 0.3) is 0 Å². The maximum Gasteiger partial charge on any atom is 4.00 e. The molecule has 0 fully saturated rings. The summed E-state index contributed by atoms with van der Waals surface area (Å²) in [6.45, 7) is 0. The summed E-state index contributed by atoms with van der Waals surface area (Å²) in [7, 11) is 0. The summed E-state index contributed by atoms with van der Waals surface area (Å²) in [5, 5.41) is 0. The van der Waals surface area contributed by atoms with Gasteiger partial charge in [-0.1, -0.05) is 0 Å². The van der Waals surface area contributed by atoms with E-state index in [9.17, 15) is 0 Å². The molecule has 0 spiro atoms. The Hall–Kier alpha value is 1.54. The Kier molecular flexibility index (Phi) is 34300. The number of hydrogen-bond donors (Lipinski definition) is 0. The molecule has 0 heterocycles. The van der Waals surface area contributed by atoms with Crippen LogP contribution in [0.2, 0.25) is 0 Å². The van der Waals surface area contributed by atoms with E-state index in [2.05, 4.69) is 0 Å². The molecule has 12 N–H and O–H groups in total. The van der Waals surface area contributed by atoms with Gasteiger partial charge in [0.2, 0.25) is 0 Å². The van der Waals surface area contributed by atoms with E-state index < -0.39 is 0 Å². The largest absolute Gasteiger partial charge is 4.00 e. The van der Waals surface area contributed by atoms with Crippen molar-refractivity contribution in [1.82, 2.24) is 0 Å². The van der Waals surface area contributed by atoms with Crippen LogP contribution in [0.4, 0.5) is 0 Å². The molecule has 0 saturated heterocycles. The Morgan fingerprint density at radius 2 is 0.364 bits per heavy atom. The molecule has 0 atom stereocenters. The smallest absolute Gasteiger partial charge is 0.870 e. The first-order valence-electron chi connectivity index (χ1n) is 0. The van der Waals surface area contributed by atoms with Gasteiger partial charge in [-0.3, -0.25) is 0 Å². The Morgan fingerprint density at radius 1 is 0.364 bits per heavy atom. The predicted molar refractivity (Wildman–Crippen MR) is 28.0 cm³/mol. The quantitative estimate of drug-likeness (QED) is 0.387. The molecular weight excluding hydrogens is 351 g/mol. The van der Waals surface area contributed by atoms with Crippen LogP contribution < -0.4 is 0 Å². The number of hydrogen-bond acceptors (Lipinski definition) is 4. The van der Waals surface area contributed by atoms with E-state index in [1.807, 2.05) is 0 Å². The van der Waals surface area contributed by atoms with Gasteiger partial charge in [-0.25, -0.2) is 0 Å². The molecule has 11 heavy (non-hydrogen) atoms. The zero-order valence-electron chi connectivity index (χ0n) is 5.11. The van der Waals surface area contributed by atoms with Gasteiger partial charge >= 0.3 is 23.9 Å². The van der Waals surface area contributed by atoms with Gasteiger partial charge in [-0.15, -0.1) is 0 Å². The van der Waals surface area contributed by atoms with Crippen molar-refractivity contribution in [1.29, 1.82) is 0 Å². The van der Waals surface area contributed by atoms with E-state index in [1.165, 1.54) is 0 Å². The zero-order valence-corrected chi connectivity index (χ0v) is 10.5. The Bertz CT molecular complexity index is 12.1. The molecule has 0 amide bonds. The first kappa shape index (κ1) is 701. The fourth-order valence-electron chi connectivity index (χ4n) is 0. The molecule has 11 heteroatoms. The van der Waals surface area contributed by atoms with Gasteiger partial charge in [0.05, 0.1) is 0 Å². The molecule has 8 nitrogen and oxygen atoms in total. The van der Waals surface area contributed by atoms with E-state index >= 15 is 0 Å². The maximum absolute atomic E-state index is 0. The van der Waals surface area contributed by atoms with Crippen molar-refractivity contribution >= 4 is 23.9 Å². The Balaban J connectivity index is 0. The van der Waals surface area contributed by atoms with E-state index in [4.69, 9.17) is 0 Å². The Morgan fingerprint density at radius 3 is 0.364 bits per heavy atom. The standard InChI is InChI=1S/2Cr.8H2O.Sn/h;;8*1H2;/q;;;;;;;;;;+4/p-4. The van der Waals surface area contributed by atoms with Crippen LogP contribution in [0.3, 0.4) is 0 Å². The van der Waals surface area contributed by atoms with Crippen molar-refractivity contribution in [2.24, 2.45) is 0 Å². The van der Waals surface area contributed by atoms with Crippen LogP contribution in [-0.2, 0) is 34.7 Å². The van der Waals surface area contributed by atoms with Crippen molar-refractivity contribution < 1.29 is 78.5 Å². The van der Waals surface area contributed by atoms with Crippen LogP contribution in [-0.4, -0.2) is 67.7 Å². The SMILES string of the molecule is O.O.O.O.[Cr].[Cr].[OH-].[OH-].[OH-].[OH-].[Sn+4]. The van der Waals surface area contributed by atoms with E-state index in [0.29, 0.717) is 0 Å². The second-order valence-electron chi connectivity index (χ2n) is 0. The summed E-state index contributed by atoms with van der Waals surface area (Å²) in [5.41, 5.74) is 0. The zero-order chi connectivity index (χ0) is 0. The average Bonchev–Trinajstić information content (AvgIpc) is 0. The third kappa shape index (κ3) is 441. The molecule has 76 valence electrons.